The van der Waals surface area contributed by atoms with Crippen molar-refractivity contribution < 1.29 is 22.7 Å². The van der Waals surface area contributed by atoms with Crippen molar-refractivity contribution in [1.82, 2.24) is 28.8 Å². The smallest absolute Gasteiger partial charge is 0.410 e. The van der Waals surface area contributed by atoms with Gasteiger partial charge in [0, 0.05) is 32.1 Å². The molecule has 3 aromatic rings. The van der Waals surface area contributed by atoms with Crippen LogP contribution in [0.4, 0.5) is 4.79 Å². The van der Waals surface area contributed by atoms with Gasteiger partial charge in [-0.25, -0.2) is 22.7 Å². The normalized spacial score (nSPS) is 15.4. The minimum absolute atomic E-state index is 0.0406. The number of aromatic nitrogens is 4. The second-order valence-corrected chi connectivity index (χ2v) is 14.5. The second kappa shape index (κ2) is 14.3. The van der Waals surface area contributed by atoms with Gasteiger partial charge in [0.1, 0.15) is 17.2 Å². The van der Waals surface area contributed by atoms with Crippen LogP contribution < -0.4 is 10.3 Å². The highest BCUT2D eigenvalue weighted by molar-refractivity contribution is 7.89. The summed E-state index contributed by atoms with van der Waals surface area (Å²) < 4.78 is 41.9. The third kappa shape index (κ3) is 7.86. The van der Waals surface area contributed by atoms with Crippen LogP contribution in [0.25, 0.3) is 16.9 Å². The molecule has 0 spiro atoms. The monoisotopic (exact) mass is 644 g/mol. The molecule has 45 heavy (non-hydrogen) atoms. The Kier molecular flexibility index (Phi) is 11.0. The predicted molar refractivity (Wildman–Crippen MR) is 173 cm³/mol. The molecule has 1 atom stereocenters. The van der Waals surface area contributed by atoms with Gasteiger partial charge in [-0.15, -0.1) is 5.10 Å². The summed E-state index contributed by atoms with van der Waals surface area (Å²) in [5.41, 5.74) is 0.345. The summed E-state index contributed by atoms with van der Waals surface area (Å²) >= 11 is 0. The van der Waals surface area contributed by atoms with E-state index < -0.39 is 21.7 Å². The van der Waals surface area contributed by atoms with Crippen molar-refractivity contribution in [3.8, 4) is 17.1 Å². The van der Waals surface area contributed by atoms with E-state index in [1.807, 2.05) is 6.92 Å². The summed E-state index contributed by atoms with van der Waals surface area (Å²) in [5.74, 6) is 1.46. The maximum Gasteiger partial charge on any atom is 0.410 e. The molecular formula is C32H48N6O6S. The summed E-state index contributed by atoms with van der Waals surface area (Å²) in [4.78, 5) is 35.1. The minimum atomic E-state index is -3.94. The fourth-order valence-corrected chi connectivity index (χ4v) is 7.08. The third-order valence-electron chi connectivity index (χ3n) is 8.00. The number of amides is 1. The Morgan fingerprint density at radius 2 is 1.78 bits per heavy atom. The Morgan fingerprint density at radius 3 is 2.40 bits per heavy atom. The minimum Gasteiger partial charge on any atom is -0.493 e. The molecule has 0 saturated carbocycles. The zero-order valence-electron chi connectivity index (χ0n) is 27.7. The van der Waals surface area contributed by atoms with Crippen molar-refractivity contribution in [1.29, 1.82) is 0 Å². The maximum absolute atomic E-state index is 13.8. The van der Waals surface area contributed by atoms with Crippen molar-refractivity contribution in [3.05, 3.63) is 40.1 Å². The Morgan fingerprint density at radius 1 is 1.07 bits per heavy atom. The number of piperazine rings is 1. The Bertz CT molecular complexity index is 1650. The van der Waals surface area contributed by atoms with Gasteiger partial charge in [-0.3, -0.25) is 4.79 Å². The molecule has 0 bridgehead atoms. The lowest BCUT2D eigenvalue weighted by Gasteiger charge is -2.35. The molecule has 1 unspecified atom stereocenters. The number of benzene rings is 1. The molecule has 1 N–H and O–H groups in total. The standard InChI is InChI=1S/C32H48N6O6S/c1-8-11-12-13-14-23(9-2)29-33-22(4)27-30(39)34-28(35-38(27)29)25-21-24(15-16-26(25)43-10-3)45(41,42)37-19-17-36(18-20-37)31(40)44-32(5,6)7/h15-16,21,23H,8-14,17-20H2,1-7H3,(H,34,35,39). The fourth-order valence-electron chi connectivity index (χ4n) is 5.63. The van der Waals surface area contributed by atoms with E-state index in [0.29, 0.717) is 29.1 Å². The number of aromatic amines is 1. The fraction of sp³-hybridized carbons (Fsp3) is 0.625. The average Bonchev–Trinajstić information content (AvgIpc) is 3.33. The van der Waals surface area contributed by atoms with Gasteiger partial charge in [0.15, 0.2) is 11.3 Å². The second-order valence-electron chi connectivity index (χ2n) is 12.5. The Labute approximate surface area is 266 Å². The van der Waals surface area contributed by atoms with Crippen molar-refractivity contribution in [2.45, 2.75) is 103 Å². The molecule has 1 aliphatic rings. The van der Waals surface area contributed by atoms with Crippen molar-refractivity contribution in [3.63, 3.8) is 0 Å². The van der Waals surface area contributed by atoms with Gasteiger partial charge in [-0.1, -0.05) is 39.5 Å². The van der Waals surface area contributed by atoms with Gasteiger partial charge in [-0.2, -0.15) is 4.31 Å². The van der Waals surface area contributed by atoms with Crippen molar-refractivity contribution >= 4 is 21.6 Å². The number of nitrogens with zero attached hydrogens (tertiary/aromatic N) is 5. The van der Waals surface area contributed by atoms with Gasteiger partial charge >= 0.3 is 6.09 Å². The van der Waals surface area contributed by atoms with Crippen molar-refractivity contribution in [2.75, 3.05) is 32.8 Å². The highest BCUT2D eigenvalue weighted by Crippen LogP contribution is 2.33. The molecule has 3 heterocycles. The van der Waals surface area contributed by atoms with Crippen LogP contribution in [-0.2, 0) is 14.8 Å². The zero-order valence-corrected chi connectivity index (χ0v) is 28.5. The van der Waals surface area contributed by atoms with E-state index in [0.717, 1.165) is 37.9 Å². The molecule has 2 aromatic heterocycles. The predicted octanol–water partition coefficient (Wildman–Crippen LogP) is 5.50. The van der Waals surface area contributed by atoms with E-state index >= 15 is 0 Å². The van der Waals surface area contributed by atoms with Crippen LogP contribution in [0.5, 0.6) is 5.75 Å². The highest BCUT2D eigenvalue weighted by Gasteiger charge is 2.33. The van der Waals surface area contributed by atoms with Crippen LogP contribution in [-0.4, -0.2) is 81.7 Å². The van der Waals surface area contributed by atoms with E-state index in [2.05, 4.69) is 18.8 Å². The topological polar surface area (TPSA) is 139 Å². The number of H-pyrrole nitrogens is 1. The van der Waals surface area contributed by atoms with E-state index in [4.69, 9.17) is 19.6 Å². The van der Waals surface area contributed by atoms with E-state index in [1.165, 1.54) is 27.8 Å². The Balaban J connectivity index is 1.69. The van der Waals surface area contributed by atoms with Gasteiger partial charge < -0.3 is 19.4 Å². The first-order chi connectivity index (χ1) is 21.3. The van der Waals surface area contributed by atoms with Gasteiger partial charge in [-0.05, 0) is 65.7 Å². The molecular weight excluding hydrogens is 596 g/mol. The Hall–Kier alpha value is -3.45. The number of aryl methyl sites for hydroxylation is 1. The number of carbonyl (C=O) groups is 1. The number of hydrogen-bond donors (Lipinski definition) is 1. The molecule has 1 aliphatic heterocycles. The number of unbranched alkanes of at least 4 members (excludes halogenated alkanes) is 3. The van der Waals surface area contributed by atoms with Crippen LogP contribution in [0.15, 0.2) is 27.9 Å². The molecule has 248 valence electrons. The van der Waals surface area contributed by atoms with Gasteiger partial charge in [0.2, 0.25) is 10.0 Å². The van der Waals surface area contributed by atoms with Gasteiger partial charge in [0.25, 0.3) is 5.56 Å². The van der Waals surface area contributed by atoms with Gasteiger partial charge in [0.05, 0.1) is 22.8 Å². The highest BCUT2D eigenvalue weighted by atomic mass is 32.2. The number of sulfonamides is 1. The van der Waals surface area contributed by atoms with E-state index in [1.54, 1.807) is 38.3 Å². The average molecular weight is 645 g/mol. The van der Waals surface area contributed by atoms with Crippen LogP contribution >= 0.6 is 0 Å². The van der Waals surface area contributed by atoms with E-state index in [9.17, 15) is 18.0 Å². The number of ether oxygens (including phenoxy) is 2. The van der Waals surface area contributed by atoms with Crippen LogP contribution in [0.1, 0.15) is 97.5 Å². The molecule has 1 amide bonds. The quantitative estimate of drug-likeness (QED) is 0.255. The lowest BCUT2D eigenvalue weighted by molar-refractivity contribution is 0.0192. The molecule has 12 nitrogen and oxygen atoms in total. The number of fused-ring (bicyclic) bond motifs is 1. The van der Waals surface area contributed by atoms with Crippen LogP contribution in [0, 0.1) is 6.92 Å². The first-order valence-corrected chi connectivity index (χ1v) is 17.5. The molecule has 4 rings (SSSR count). The number of nitrogens with one attached hydrogen (secondary N) is 1. The molecule has 1 fully saturated rings. The summed E-state index contributed by atoms with van der Waals surface area (Å²) in [7, 11) is -3.94. The van der Waals surface area contributed by atoms with E-state index in [-0.39, 0.29) is 48.4 Å². The van der Waals surface area contributed by atoms with Crippen molar-refractivity contribution in [2.24, 2.45) is 0 Å². The first-order valence-electron chi connectivity index (χ1n) is 16.1. The first kappa shape index (κ1) is 34.4. The lowest BCUT2D eigenvalue weighted by Crippen LogP contribution is -2.51. The summed E-state index contributed by atoms with van der Waals surface area (Å²) in [6.07, 6.45) is 5.88. The molecule has 13 heteroatoms. The number of hydrogen-bond acceptors (Lipinski definition) is 8. The largest absolute Gasteiger partial charge is 0.493 e. The summed E-state index contributed by atoms with van der Waals surface area (Å²) in [5, 5.41) is 4.83. The SMILES string of the molecule is CCCCCCC(CC)c1nc(C)c2c(=O)[nH]c(-c3cc(S(=O)(=O)N4CCN(C(=O)OC(C)(C)C)CC4)ccc3OCC)nn12. The summed E-state index contributed by atoms with van der Waals surface area (Å²) in [6, 6.07) is 4.59. The number of imidazole rings is 1. The third-order valence-corrected chi connectivity index (χ3v) is 9.89. The molecule has 1 saturated heterocycles. The zero-order chi connectivity index (χ0) is 32.9. The van der Waals surface area contributed by atoms with Crippen LogP contribution in [0.2, 0.25) is 0 Å². The molecule has 0 aliphatic carbocycles. The molecule has 0 radical (unpaired) electrons. The maximum atomic E-state index is 13.8. The molecule has 1 aromatic carbocycles. The van der Waals surface area contributed by atoms with Crippen LogP contribution in [0.3, 0.4) is 0 Å². The number of carbonyl (C=O) groups excluding carboxylic acids is 1. The summed E-state index contributed by atoms with van der Waals surface area (Å²) in [6.45, 7) is 14.3. The number of rotatable bonds is 12. The lowest BCUT2D eigenvalue weighted by atomic mass is 9.97.